The predicted octanol–water partition coefficient (Wildman–Crippen LogP) is 5.27. The summed E-state index contributed by atoms with van der Waals surface area (Å²) in [4.78, 5) is 0. The zero-order valence-corrected chi connectivity index (χ0v) is 13.6. The average molecular weight is 267 g/mol. The molecule has 1 aliphatic carbocycles. The molecule has 0 unspecified atom stereocenters. The highest BCUT2D eigenvalue weighted by molar-refractivity contribution is 5.70. The van der Waals surface area contributed by atoms with Crippen molar-refractivity contribution in [2.45, 2.75) is 65.2 Å². The van der Waals surface area contributed by atoms with Crippen LogP contribution >= 0.6 is 0 Å². The molecule has 0 fully saturated rings. The maximum Gasteiger partial charge on any atom is 0.0915 e. The van der Waals surface area contributed by atoms with Crippen LogP contribution in [-0.2, 0) is 10.8 Å². The van der Waals surface area contributed by atoms with Gasteiger partial charge < -0.3 is 0 Å². The molecule has 0 atom stereocenters. The highest BCUT2D eigenvalue weighted by atomic mass is 14.4. The summed E-state index contributed by atoms with van der Waals surface area (Å²) in [6, 6.07) is 6.82. The second-order valence-corrected chi connectivity index (χ2v) is 7.44. The van der Waals surface area contributed by atoms with Crippen molar-refractivity contribution in [1.29, 1.82) is 5.26 Å². The predicted molar refractivity (Wildman–Crippen MR) is 85.7 cm³/mol. The van der Waals surface area contributed by atoms with Crippen LogP contribution < -0.4 is 0 Å². The Labute approximate surface area is 123 Å². The van der Waals surface area contributed by atoms with Crippen molar-refractivity contribution in [1.82, 2.24) is 0 Å². The average Bonchev–Trinajstić information content (AvgIpc) is 2.35. The fourth-order valence-electron chi connectivity index (χ4n) is 3.32. The van der Waals surface area contributed by atoms with Gasteiger partial charge in [0.15, 0.2) is 0 Å². The molecule has 0 spiro atoms. The summed E-state index contributed by atoms with van der Waals surface area (Å²) < 4.78 is 0. The maximum absolute atomic E-state index is 8.89. The number of rotatable bonds is 1. The van der Waals surface area contributed by atoms with Crippen molar-refractivity contribution in [3.05, 3.63) is 40.5 Å². The minimum Gasteiger partial charge on any atom is -0.193 e. The Morgan fingerprint density at radius 3 is 2.10 bits per heavy atom. The maximum atomic E-state index is 8.89. The first-order valence-electron chi connectivity index (χ1n) is 7.41. The summed E-state index contributed by atoms with van der Waals surface area (Å²) in [6.07, 6.45) is 4.10. The Hall–Kier alpha value is -1.55. The van der Waals surface area contributed by atoms with Gasteiger partial charge in [0.2, 0.25) is 0 Å². The lowest BCUT2D eigenvalue weighted by molar-refractivity contribution is 0.331. The SMILES string of the molecule is C/C(=C/C#N)c1cc2c(cc1C)C(C)(C)CCC2(C)C. The van der Waals surface area contributed by atoms with Crippen molar-refractivity contribution in [3.8, 4) is 6.07 Å². The lowest BCUT2D eigenvalue weighted by atomic mass is 9.62. The van der Waals surface area contributed by atoms with Crippen LogP contribution in [0.2, 0.25) is 0 Å². The van der Waals surface area contributed by atoms with Crippen LogP contribution in [0.5, 0.6) is 0 Å². The van der Waals surface area contributed by atoms with E-state index < -0.39 is 0 Å². The Balaban J connectivity index is 2.71. The number of benzene rings is 1. The molecule has 0 radical (unpaired) electrons. The second kappa shape index (κ2) is 4.77. The van der Waals surface area contributed by atoms with Crippen molar-refractivity contribution in [2.75, 3.05) is 0 Å². The van der Waals surface area contributed by atoms with E-state index in [1.54, 1.807) is 6.08 Å². The van der Waals surface area contributed by atoms with Gasteiger partial charge in [0.05, 0.1) is 6.07 Å². The molecule has 0 aliphatic heterocycles. The van der Waals surface area contributed by atoms with Gasteiger partial charge in [-0.15, -0.1) is 0 Å². The molecule has 0 heterocycles. The molecule has 0 saturated heterocycles. The van der Waals surface area contributed by atoms with E-state index in [9.17, 15) is 0 Å². The second-order valence-electron chi connectivity index (χ2n) is 7.44. The third-order valence-corrected chi connectivity index (χ3v) is 4.90. The molecule has 1 nitrogen and oxygen atoms in total. The van der Waals surface area contributed by atoms with Gasteiger partial charge in [-0.2, -0.15) is 5.26 Å². The molecule has 1 aromatic rings. The van der Waals surface area contributed by atoms with Gasteiger partial charge in [-0.25, -0.2) is 0 Å². The van der Waals surface area contributed by atoms with Gasteiger partial charge in [0, 0.05) is 6.08 Å². The van der Waals surface area contributed by atoms with E-state index in [-0.39, 0.29) is 10.8 Å². The third-order valence-electron chi connectivity index (χ3n) is 4.90. The Bertz CT molecular complexity index is 609. The van der Waals surface area contributed by atoms with E-state index in [1.165, 1.54) is 35.1 Å². The van der Waals surface area contributed by atoms with Crippen LogP contribution in [0.15, 0.2) is 18.2 Å². The smallest absolute Gasteiger partial charge is 0.0915 e. The Morgan fingerprint density at radius 1 is 1.10 bits per heavy atom. The van der Waals surface area contributed by atoms with E-state index >= 15 is 0 Å². The quantitative estimate of drug-likeness (QED) is 0.636. The van der Waals surface area contributed by atoms with Crippen LogP contribution in [0.3, 0.4) is 0 Å². The van der Waals surface area contributed by atoms with Crippen LogP contribution in [0.4, 0.5) is 0 Å². The first-order valence-corrected chi connectivity index (χ1v) is 7.41. The van der Waals surface area contributed by atoms with Gasteiger partial charge in [-0.1, -0.05) is 39.8 Å². The zero-order chi connectivity index (χ0) is 15.1. The molecule has 20 heavy (non-hydrogen) atoms. The molecule has 1 heteroatoms. The standard InChI is InChI=1S/C19H25N/c1-13(7-10-20)15-12-17-16(11-14(15)2)18(3,4)8-9-19(17,5)6/h7,11-12H,8-9H2,1-6H3/b13-7-. The molecule has 0 aromatic heterocycles. The zero-order valence-electron chi connectivity index (χ0n) is 13.6. The van der Waals surface area contributed by atoms with Crippen molar-refractivity contribution >= 4 is 5.57 Å². The molecular formula is C19H25N. The number of hydrogen-bond donors (Lipinski definition) is 0. The fraction of sp³-hybridized carbons (Fsp3) is 0.526. The first kappa shape index (κ1) is 14.9. The monoisotopic (exact) mass is 267 g/mol. The van der Waals surface area contributed by atoms with Crippen LogP contribution in [0, 0.1) is 18.3 Å². The van der Waals surface area contributed by atoms with Crippen LogP contribution in [0.25, 0.3) is 5.57 Å². The van der Waals surface area contributed by atoms with E-state index in [0.717, 1.165) is 5.57 Å². The summed E-state index contributed by atoms with van der Waals surface area (Å²) in [5.41, 5.74) is 6.97. The molecule has 1 aromatic carbocycles. The van der Waals surface area contributed by atoms with E-state index in [4.69, 9.17) is 5.26 Å². The fourth-order valence-corrected chi connectivity index (χ4v) is 3.32. The molecule has 106 valence electrons. The Kier molecular flexibility index (Phi) is 3.54. The Morgan fingerprint density at radius 2 is 1.60 bits per heavy atom. The molecule has 0 saturated carbocycles. The van der Waals surface area contributed by atoms with E-state index in [2.05, 4.69) is 52.8 Å². The minimum atomic E-state index is 0.222. The van der Waals surface area contributed by atoms with E-state index in [0.29, 0.717) is 0 Å². The molecule has 0 amide bonds. The third kappa shape index (κ3) is 2.40. The van der Waals surface area contributed by atoms with Crippen molar-refractivity contribution in [2.24, 2.45) is 0 Å². The van der Waals surface area contributed by atoms with E-state index in [1.807, 2.05) is 6.92 Å². The number of nitrogens with zero attached hydrogens (tertiary/aromatic N) is 1. The van der Waals surface area contributed by atoms with Gasteiger partial charge in [-0.3, -0.25) is 0 Å². The molecule has 0 N–H and O–H groups in total. The highest BCUT2D eigenvalue weighted by Crippen LogP contribution is 2.47. The van der Waals surface area contributed by atoms with Crippen LogP contribution in [0.1, 0.15) is 69.7 Å². The number of allylic oxidation sites excluding steroid dienone is 2. The summed E-state index contributed by atoms with van der Waals surface area (Å²) >= 11 is 0. The normalized spacial score (nSPS) is 20.1. The molecular weight excluding hydrogens is 242 g/mol. The van der Waals surface area contributed by atoms with Crippen molar-refractivity contribution in [3.63, 3.8) is 0 Å². The van der Waals surface area contributed by atoms with Crippen molar-refractivity contribution < 1.29 is 0 Å². The van der Waals surface area contributed by atoms with Crippen LogP contribution in [-0.4, -0.2) is 0 Å². The molecule has 0 bridgehead atoms. The number of nitriles is 1. The number of fused-ring (bicyclic) bond motifs is 1. The largest absolute Gasteiger partial charge is 0.193 e. The lowest BCUT2D eigenvalue weighted by Gasteiger charge is -2.42. The summed E-state index contributed by atoms with van der Waals surface area (Å²) in [5.74, 6) is 0. The van der Waals surface area contributed by atoms with Gasteiger partial charge in [0.25, 0.3) is 0 Å². The number of hydrogen-bond acceptors (Lipinski definition) is 1. The molecule has 1 aliphatic rings. The van der Waals surface area contributed by atoms with Gasteiger partial charge >= 0.3 is 0 Å². The number of aryl methyl sites for hydroxylation is 1. The highest BCUT2D eigenvalue weighted by Gasteiger charge is 2.37. The summed E-state index contributed by atoms with van der Waals surface area (Å²) in [7, 11) is 0. The summed E-state index contributed by atoms with van der Waals surface area (Å²) in [6.45, 7) is 13.5. The topological polar surface area (TPSA) is 23.8 Å². The van der Waals surface area contributed by atoms with Gasteiger partial charge in [0.1, 0.15) is 0 Å². The molecule has 2 rings (SSSR count). The first-order chi connectivity index (χ1) is 9.19. The summed E-state index contributed by atoms with van der Waals surface area (Å²) in [5, 5.41) is 8.89. The lowest BCUT2D eigenvalue weighted by Crippen LogP contribution is -2.34. The minimum absolute atomic E-state index is 0.222. The van der Waals surface area contributed by atoms with Gasteiger partial charge in [-0.05, 0) is 65.3 Å².